The molecule has 0 aromatic heterocycles. The van der Waals surface area contributed by atoms with Gasteiger partial charge >= 0.3 is 0 Å². The summed E-state index contributed by atoms with van der Waals surface area (Å²) in [5.41, 5.74) is 0. The third-order valence-electron chi connectivity index (χ3n) is 0. The molecule has 0 saturated carbocycles. The fraction of sp³-hybridized carbons (Fsp3) is 0. The predicted molar refractivity (Wildman–Crippen MR) is 62.6 cm³/mol. The van der Waals surface area contributed by atoms with E-state index < -0.39 is 0 Å². The Hall–Kier alpha value is 2.37. The average molecular weight is 366 g/mol. The molecular weight excluding hydrogens is 357 g/mol. The lowest BCUT2D eigenvalue weighted by Gasteiger charge is -0.148. The van der Waals surface area contributed by atoms with Crippen molar-refractivity contribution in [3.8, 4) is 0 Å². The highest BCUT2D eigenvalue weighted by Crippen LogP contribution is 0.848. The quantitative estimate of drug-likeness (QED) is 0.574. The van der Waals surface area contributed by atoms with Gasteiger partial charge in [0.15, 0.2) is 0 Å². The summed E-state index contributed by atoms with van der Waals surface area (Å²) in [5.74, 6) is 0. The molecule has 7 heavy (non-hydrogen) atoms. The van der Waals surface area contributed by atoms with Crippen molar-refractivity contribution in [2.75, 3.05) is 0 Å². The minimum atomic E-state index is 0. The molecule has 0 rings (SSSR count). The van der Waals surface area contributed by atoms with Gasteiger partial charge in [-0.3, -0.25) is 0 Å². The van der Waals surface area contributed by atoms with Gasteiger partial charge in [0.05, 0.1) is 8.41 Å². The Morgan fingerprint density at radius 2 is 0.429 bits per heavy atom. The van der Waals surface area contributed by atoms with Gasteiger partial charge in [-0.1, -0.05) is 0 Å². The third-order valence-corrected chi connectivity index (χ3v) is 0. The summed E-state index contributed by atoms with van der Waals surface area (Å²) in [6.07, 6.45) is 0. The van der Waals surface area contributed by atoms with E-state index in [2.05, 4.69) is 0 Å². The second-order valence-corrected chi connectivity index (χ2v) is 0. The van der Waals surface area contributed by atoms with Gasteiger partial charge in [0, 0.05) is 0 Å². The molecule has 0 atom stereocenters. The van der Waals surface area contributed by atoms with Gasteiger partial charge in [-0.15, -0.1) is 88.2 Å². The molecule has 0 spiro atoms. The van der Waals surface area contributed by atoms with Gasteiger partial charge in [0.1, 0.15) is 0 Å². The molecule has 0 heterocycles. The molecule has 0 fully saturated rings. The molecule has 0 amide bonds. The van der Waals surface area contributed by atoms with Gasteiger partial charge in [0.25, 0.3) is 0 Å². The van der Waals surface area contributed by atoms with Crippen molar-refractivity contribution in [1.29, 1.82) is 0 Å². The van der Waals surface area contributed by atoms with Gasteiger partial charge in [-0.2, -0.15) is 0 Å². The summed E-state index contributed by atoms with van der Waals surface area (Å²) in [7, 11) is 0. The van der Waals surface area contributed by atoms with Crippen LogP contribution in [-0.4, -0.2) is 8.41 Å². The molecule has 7 heteroatoms. The Morgan fingerprint density at radius 1 is 0.429 bits per heavy atom. The maximum Gasteiger partial charge on any atom is 0.0814 e. The minimum absolute atomic E-state index is 0. The molecule has 54 valence electrons. The lowest BCUT2D eigenvalue weighted by Crippen LogP contribution is -0.381. The molecular formula is H9BBr3Cl3. The van der Waals surface area contributed by atoms with E-state index in [1.54, 1.807) is 0 Å². The van der Waals surface area contributed by atoms with E-state index in [4.69, 9.17) is 0 Å². The van der Waals surface area contributed by atoms with Gasteiger partial charge in [0.2, 0.25) is 0 Å². The predicted octanol–water partition coefficient (Wildman–Crippen LogP) is 1.82. The highest BCUT2D eigenvalue weighted by molar-refractivity contribution is 8.93. The molecule has 0 aliphatic heterocycles. The summed E-state index contributed by atoms with van der Waals surface area (Å²) in [6.45, 7) is 0. The summed E-state index contributed by atoms with van der Waals surface area (Å²) in [5, 5.41) is 0. The molecule has 0 bridgehead atoms. The lowest BCUT2D eigenvalue weighted by molar-refractivity contribution is 5.75. The first-order valence-electron chi connectivity index (χ1n) is 0. The van der Waals surface area contributed by atoms with Crippen molar-refractivity contribution in [2.24, 2.45) is 0 Å². The zero-order valence-electron chi connectivity index (χ0n) is 2.45. The van der Waals surface area contributed by atoms with E-state index in [-0.39, 0.29) is 96.6 Å². The monoisotopic (exact) mass is 362 g/mol. The Kier molecular flexibility index (Phi) is 1350. The molecule has 0 nitrogen and oxygen atoms in total. The van der Waals surface area contributed by atoms with Crippen LogP contribution in [0.1, 0.15) is 0 Å². The smallest absolute Gasteiger partial charge is 0.0814 e. The van der Waals surface area contributed by atoms with Gasteiger partial charge in [-0.25, -0.2) is 0 Å². The Bertz CT molecular complexity index is 10.1. The Labute approximate surface area is 95.7 Å². The third kappa shape index (κ3) is 60.3. The molecule has 0 saturated heterocycles. The van der Waals surface area contributed by atoms with Crippen LogP contribution >= 0.6 is 88.2 Å². The first-order valence-corrected chi connectivity index (χ1v) is 0. The summed E-state index contributed by atoms with van der Waals surface area (Å²) < 4.78 is 0. The average Bonchev–Trinajstić information content (AvgIpc) is 0. The van der Waals surface area contributed by atoms with E-state index >= 15 is 0 Å². The zero-order valence-corrected chi connectivity index (χ0v) is 10.0. The molecule has 0 N–H and O–H groups in total. The molecule has 0 aliphatic carbocycles. The van der Waals surface area contributed by atoms with Crippen molar-refractivity contribution < 1.29 is 0 Å². The summed E-state index contributed by atoms with van der Waals surface area (Å²) >= 11 is 0. The van der Waals surface area contributed by atoms with Crippen molar-refractivity contribution in [3.05, 3.63) is 0 Å². The Balaban J connectivity index is 0. The van der Waals surface area contributed by atoms with E-state index in [9.17, 15) is 0 Å². The number of hydrogen-bond acceptors (Lipinski definition) is 0. The number of rotatable bonds is 0. The normalized spacial score (nSPS) is 0. The second kappa shape index (κ2) is 80.8. The SMILES string of the molecule is B.Br.Br.Br.Cl.Cl.Cl. The zero-order chi connectivity index (χ0) is 0. The molecule has 0 radical (unpaired) electrons. The maximum atomic E-state index is 0. The van der Waals surface area contributed by atoms with Crippen LogP contribution in [0.2, 0.25) is 0 Å². The van der Waals surface area contributed by atoms with Crippen LogP contribution in [0.3, 0.4) is 0 Å². The first kappa shape index (κ1) is 117. The van der Waals surface area contributed by atoms with Crippen molar-refractivity contribution >= 4 is 96.6 Å². The van der Waals surface area contributed by atoms with Gasteiger partial charge in [-0.05, 0) is 0 Å². The van der Waals surface area contributed by atoms with E-state index in [0.29, 0.717) is 0 Å². The van der Waals surface area contributed by atoms with Crippen LogP contribution in [0.25, 0.3) is 0 Å². The molecule has 0 aromatic rings. The maximum absolute atomic E-state index is 0. The van der Waals surface area contributed by atoms with Crippen LogP contribution in [0.4, 0.5) is 0 Å². The van der Waals surface area contributed by atoms with E-state index in [1.807, 2.05) is 0 Å². The fourth-order valence-electron chi connectivity index (χ4n) is 0. The summed E-state index contributed by atoms with van der Waals surface area (Å²) in [6, 6.07) is 0. The van der Waals surface area contributed by atoms with Crippen molar-refractivity contribution in [2.45, 2.75) is 0 Å². The standard InChI is InChI=1S/BH3.3BrH.3ClH/h1H3;6*1H. The van der Waals surface area contributed by atoms with Crippen LogP contribution < -0.4 is 0 Å². The van der Waals surface area contributed by atoms with Crippen LogP contribution in [0.5, 0.6) is 0 Å². The van der Waals surface area contributed by atoms with E-state index in [0.717, 1.165) is 0 Å². The van der Waals surface area contributed by atoms with Crippen LogP contribution in [-0.2, 0) is 0 Å². The van der Waals surface area contributed by atoms with Crippen LogP contribution in [0, 0.1) is 0 Å². The topological polar surface area (TPSA) is 0 Å². The second-order valence-electron chi connectivity index (χ2n) is 0. The Morgan fingerprint density at radius 3 is 0.429 bits per heavy atom. The highest BCUT2D eigenvalue weighted by atomic mass is 79.9. The van der Waals surface area contributed by atoms with Crippen LogP contribution in [0.15, 0.2) is 0 Å². The first-order chi connectivity index (χ1) is 0. The summed E-state index contributed by atoms with van der Waals surface area (Å²) in [4.78, 5) is 0. The van der Waals surface area contributed by atoms with Gasteiger partial charge < -0.3 is 0 Å². The minimum Gasteiger partial charge on any atom is -0.147 e. The molecule has 0 aromatic carbocycles. The fourth-order valence-corrected chi connectivity index (χ4v) is 0. The molecule has 0 unspecified atom stereocenters. The largest absolute Gasteiger partial charge is 0.147 e. The molecule has 0 aliphatic rings. The van der Waals surface area contributed by atoms with Crippen molar-refractivity contribution in [3.63, 3.8) is 0 Å². The number of halogens is 6. The lowest BCUT2D eigenvalue weighted by atomic mass is 10.8. The van der Waals surface area contributed by atoms with E-state index in [1.165, 1.54) is 0 Å². The number of hydrogen-bond donors (Lipinski definition) is 0. The highest BCUT2D eigenvalue weighted by Gasteiger charge is 0.0814. The van der Waals surface area contributed by atoms with Crippen molar-refractivity contribution in [1.82, 2.24) is 0 Å².